The number of alkyl halides is 6. The van der Waals surface area contributed by atoms with Crippen LogP contribution >= 0.6 is 0 Å². The van der Waals surface area contributed by atoms with Crippen molar-refractivity contribution < 1.29 is 43.7 Å². The summed E-state index contributed by atoms with van der Waals surface area (Å²) in [4.78, 5) is 15.8. The van der Waals surface area contributed by atoms with E-state index >= 15 is 0 Å². The third kappa shape index (κ3) is 6.47. The van der Waals surface area contributed by atoms with Gasteiger partial charge in [0.25, 0.3) is 5.88 Å². The number of nitrogens with one attached hydrogen (secondary N) is 2. The van der Waals surface area contributed by atoms with Crippen LogP contribution in [0.2, 0.25) is 0 Å². The van der Waals surface area contributed by atoms with E-state index in [1.165, 1.54) is 43.3 Å². The predicted molar refractivity (Wildman–Crippen MR) is 119 cm³/mol. The fourth-order valence-corrected chi connectivity index (χ4v) is 3.41. The summed E-state index contributed by atoms with van der Waals surface area (Å²) < 4.78 is 104. The van der Waals surface area contributed by atoms with Crippen molar-refractivity contribution in [3.8, 4) is 23.1 Å². The molecule has 15 heteroatoms. The standard InChI is InChI=1S/C22H14F6N4O4S/c1-12-9-17(18(11-29)19(30-12)36-37(34,35)22(26,27)28)13-5-7-15(8-6-13)31-20(33)32-16-4-2-3-14(10-16)21(23,24)25/h2-10H,1H3,(H2,31,32,33). The molecule has 3 rings (SSSR count). The van der Waals surface area contributed by atoms with Gasteiger partial charge in [0.05, 0.1) is 5.56 Å². The lowest BCUT2D eigenvalue weighted by molar-refractivity contribution is -0.137. The van der Waals surface area contributed by atoms with E-state index in [2.05, 4.69) is 19.8 Å². The minimum Gasteiger partial charge on any atom is -0.354 e. The SMILES string of the molecule is Cc1cc(-c2ccc(NC(=O)Nc3cccc(C(F)(F)F)c3)cc2)c(C#N)c(OS(=O)(=O)C(F)(F)F)n1. The highest BCUT2D eigenvalue weighted by Gasteiger charge is 2.49. The number of nitriles is 1. The van der Waals surface area contributed by atoms with Crippen LogP contribution < -0.4 is 14.8 Å². The number of amides is 2. The van der Waals surface area contributed by atoms with E-state index < -0.39 is 44.8 Å². The second kappa shape index (κ2) is 9.97. The predicted octanol–water partition coefficient (Wildman–Crippen LogP) is 5.82. The first kappa shape index (κ1) is 27.3. The van der Waals surface area contributed by atoms with Crippen molar-refractivity contribution in [2.24, 2.45) is 0 Å². The van der Waals surface area contributed by atoms with Gasteiger partial charge in [-0.3, -0.25) is 0 Å². The van der Waals surface area contributed by atoms with Crippen molar-refractivity contribution in [2.45, 2.75) is 18.6 Å². The second-order valence-electron chi connectivity index (χ2n) is 7.32. The number of pyridine rings is 1. The molecule has 0 fully saturated rings. The third-order valence-electron chi connectivity index (χ3n) is 4.60. The number of halogens is 6. The molecule has 0 saturated carbocycles. The van der Waals surface area contributed by atoms with Crippen LogP contribution in [0.15, 0.2) is 54.6 Å². The summed E-state index contributed by atoms with van der Waals surface area (Å²) in [5, 5.41) is 14.1. The maximum Gasteiger partial charge on any atom is 0.534 e. The molecule has 0 saturated heterocycles. The van der Waals surface area contributed by atoms with Gasteiger partial charge < -0.3 is 14.8 Å². The summed E-state index contributed by atoms with van der Waals surface area (Å²) in [5.74, 6) is -1.06. The first-order valence-corrected chi connectivity index (χ1v) is 11.3. The smallest absolute Gasteiger partial charge is 0.354 e. The van der Waals surface area contributed by atoms with Gasteiger partial charge >= 0.3 is 27.8 Å². The highest BCUT2D eigenvalue weighted by Crippen LogP contribution is 2.34. The van der Waals surface area contributed by atoms with Crippen molar-refractivity contribution in [2.75, 3.05) is 10.6 Å². The van der Waals surface area contributed by atoms with Crippen LogP contribution in [0.25, 0.3) is 11.1 Å². The first-order valence-electron chi connectivity index (χ1n) is 9.89. The van der Waals surface area contributed by atoms with Crippen LogP contribution in [0.4, 0.5) is 42.5 Å². The normalized spacial score (nSPS) is 11.9. The van der Waals surface area contributed by atoms with Crippen molar-refractivity contribution in [3.63, 3.8) is 0 Å². The lowest BCUT2D eigenvalue weighted by Gasteiger charge is -2.13. The van der Waals surface area contributed by atoms with Gasteiger partial charge in [0, 0.05) is 22.6 Å². The van der Waals surface area contributed by atoms with Gasteiger partial charge in [-0.05, 0) is 48.9 Å². The van der Waals surface area contributed by atoms with Crippen molar-refractivity contribution in [1.82, 2.24) is 4.98 Å². The molecule has 2 N–H and O–H groups in total. The molecule has 0 aliphatic rings. The minimum atomic E-state index is -6.09. The number of aromatic nitrogens is 1. The van der Waals surface area contributed by atoms with E-state index in [1.54, 1.807) is 6.07 Å². The molecule has 3 aromatic rings. The molecule has 0 spiro atoms. The number of benzene rings is 2. The molecule has 1 aromatic heterocycles. The maximum atomic E-state index is 12.8. The molecular formula is C22H14F6N4O4S. The Balaban J connectivity index is 1.83. The van der Waals surface area contributed by atoms with E-state index in [1.807, 2.05) is 0 Å². The average Bonchev–Trinajstić information content (AvgIpc) is 2.78. The fourth-order valence-electron chi connectivity index (χ4n) is 2.99. The monoisotopic (exact) mass is 544 g/mol. The molecule has 0 unspecified atom stereocenters. The number of carbonyl (C=O) groups excluding carboxylic acids is 1. The number of hydrogen-bond donors (Lipinski definition) is 2. The van der Waals surface area contributed by atoms with Crippen LogP contribution in [-0.2, 0) is 16.3 Å². The number of anilines is 2. The second-order valence-corrected chi connectivity index (χ2v) is 8.86. The molecule has 2 aromatic carbocycles. The third-order valence-corrected chi connectivity index (χ3v) is 5.54. The van der Waals surface area contributed by atoms with Crippen LogP contribution in [0.5, 0.6) is 5.88 Å². The topological polar surface area (TPSA) is 121 Å². The van der Waals surface area contributed by atoms with Crippen molar-refractivity contribution in [1.29, 1.82) is 5.26 Å². The lowest BCUT2D eigenvalue weighted by atomic mass is 10.0. The van der Waals surface area contributed by atoms with E-state index in [-0.39, 0.29) is 28.2 Å². The van der Waals surface area contributed by atoms with Crippen LogP contribution in [-0.4, -0.2) is 24.9 Å². The Hall–Kier alpha value is -4.32. The fraction of sp³-hybridized carbons (Fsp3) is 0.136. The largest absolute Gasteiger partial charge is 0.534 e. The number of nitrogens with zero attached hydrogens (tertiary/aromatic N) is 2. The molecule has 0 bridgehead atoms. The molecule has 1 heterocycles. The molecule has 0 aliphatic carbocycles. The zero-order chi connectivity index (χ0) is 27.6. The minimum absolute atomic E-state index is 0.00217. The van der Waals surface area contributed by atoms with Gasteiger partial charge in [0.1, 0.15) is 11.6 Å². The number of urea groups is 1. The molecule has 0 aliphatic heterocycles. The van der Waals surface area contributed by atoms with E-state index in [0.717, 1.165) is 18.2 Å². The lowest BCUT2D eigenvalue weighted by Crippen LogP contribution is -2.28. The Labute approximate surface area is 205 Å². The average molecular weight is 544 g/mol. The Morgan fingerprint density at radius 1 is 0.973 bits per heavy atom. The van der Waals surface area contributed by atoms with Crippen molar-refractivity contribution >= 4 is 27.5 Å². The van der Waals surface area contributed by atoms with Crippen LogP contribution in [0.1, 0.15) is 16.8 Å². The van der Waals surface area contributed by atoms with Gasteiger partial charge in [-0.1, -0.05) is 18.2 Å². The van der Waals surface area contributed by atoms with E-state index in [0.29, 0.717) is 0 Å². The summed E-state index contributed by atoms with van der Waals surface area (Å²) in [5.41, 5.74) is -6.94. The van der Waals surface area contributed by atoms with Crippen molar-refractivity contribution in [3.05, 3.63) is 71.4 Å². The van der Waals surface area contributed by atoms with Gasteiger partial charge in [0.2, 0.25) is 0 Å². The van der Waals surface area contributed by atoms with Crippen LogP contribution in [0.3, 0.4) is 0 Å². The summed E-state index contributed by atoms with van der Waals surface area (Å²) in [6.45, 7) is 1.34. The Bertz CT molecular complexity index is 1480. The van der Waals surface area contributed by atoms with Gasteiger partial charge in [0.15, 0.2) is 0 Å². The zero-order valence-electron chi connectivity index (χ0n) is 18.4. The highest BCUT2D eigenvalue weighted by molar-refractivity contribution is 7.88. The van der Waals surface area contributed by atoms with Gasteiger partial charge in [-0.25, -0.2) is 9.78 Å². The number of carbonyl (C=O) groups is 1. The number of aryl methyl sites for hydroxylation is 1. The highest BCUT2D eigenvalue weighted by atomic mass is 32.2. The Morgan fingerprint density at radius 3 is 2.16 bits per heavy atom. The summed E-state index contributed by atoms with van der Waals surface area (Å²) >= 11 is 0. The summed E-state index contributed by atoms with van der Waals surface area (Å²) in [6.07, 6.45) is -4.60. The number of rotatable bonds is 5. The zero-order valence-corrected chi connectivity index (χ0v) is 19.2. The molecule has 2 amide bonds. The molecule has 37 heavy (non-hydrogen) atoms. The first-order chi connectivity index (χ1) is 17.1. The maximum absolute atomic E-state index is 12.8. The molecule has 0 atom stereocenters. The molecule has 194 valence electrons. The number of hydrogen-bond acceptors (Lipinski definition) is 6. The molecular weight excluding hydrogens is 530 g/mol. The van der Waals surface area contributed by atoms with E-state index in [4.69, 9.17) is 0 Å². The quantitative estimate of drug-likeness (QED) is 0.237. The van der Waals surface area contributed by atoms with E-state index in [9.17, 15) is 44.8 Å². The van der Waals surface area contributed by atoms with Gasteiger partial charge in [-0.2, -0.15) is 40.0 Å². The Morgan fingerprint density at radius 2 is 1.59 bits per heavy atom. The summed E-state index contributed by atoms with van der Waals surface area (Å²) in [7, 11) is -6.09. The Kier molecular flexibility index (Phi) is 7.35. The van der Waals surface area contributed by atoms with Gasteiger partial charge in [-0.15, -0.1) is 0 Å². The van der Waals surface area contributed by atoms with Crippen LogP contribution in [0, 0.1) is 18.3 Å². The molecule has 8 nitrogen and oxygen atoms in total. The summed E-state index contributed by atoms with van der Waals surface area (Å²) in [6, 6.07) is 11.4. The molecule has 0 radical (unpaired) electrons.